The average Bonchev–Trinajstić information content (AvgIpc) is 3.06. The Hall–Kier alpha value is -2.32. The van der Waals surface area contributed by atoms with E-state index in [9.17, 15) is 9.59 Å². The van der Waals surface area contributed by atoms with E-state index in [1.165, 1.54) is 4.90 Å². The number of fused-ring (bicyclic) bond motifs is 1. The Labute approximate surface area is 209 Å². The van der Waals surface area contributed by atoms with Crippen LogP contribution < -0.4 is 4.74 Å². The van der Waals surface area contributed by atoms with E-state index >= 15 is 0 Å². The van der Waals surface area contributed by atoms with Gasteiger partial charge >= 0.3 is 0 Å². The molecule has 0 radical (unpaired) electrons. The number of methoxy groups -OCH3 is 1. The molecule has 8 heteroatoms. The van der Waals surface area contributed by atoms with Gasteiger partial charge in [0.2, 0.25) is 0 Å². The van der Waals surface area contributed by atoms with Crippen molar-refractivity contribution in [2.24, 2.45) is 0 Å². The van der Waals surface area contributed by atoms with Crippen LogP contribution >= 0.6 is 39.3 Å². The van der Waals surface area contributed by atoms with Gasteiger partial charge in [0.15, 0.2) is 5.75 Å². The van der Waals surface area contributed by atoms with Crippen LogP contribution in [0.3, 0.4) is 0 Å². The van der Waals surface area contributed by atoms with E-state index in [1.807, 2.05) is 30.3 Å². The summed E-state index contributed by atoms with van der Waals surface area (Å²) >= 11 is 11.0. The lowest BCUT2D eigenvalue weighted by Gasteiger charge is -2.13. The van der Waals surface area contributed by atoms with Crippen molar-refractivity contribution < 1.29 is 19.1 Å². The summed E-state index contributed by atoms with van der Waals surface area (Å²) in [5.74, 6) is 0.221. The maximum atomic E-state index is 12.6. The molecule has 3 aromatic rings. The van der Waals surface area contributed by atoms with Crippen LogP contribution in [0, 0.1) is 0 Å². The van der Waals surface area contributed by atoms with Crippen molar-refractivity contribution in [2.45, 2.75) is 13.0 Å². The summed E-state index contributed by atoms with van der Waals surface area (Å²) in [4.78, 5) is 26.4. The Morgan fingerprint density at radius 3 is 2.70 bits per heavy atom. The number of halogens is 2. The minimum atomic E-state index is -0.301. The van der Waals surface area contributed by atoms with Crippen molar-refractivity contribution in [3.63, 3.8) is 0 Å². The van der Waals surface area contributed by atoms with Crippen molar-refractivity contribution in [1.29, 1.82) is 0 Å². The van der Waals surface area contributed by atoms with Gasteiger partial charge in [-0.3, -0.25) is 14.5 Å². The summed E-state index contributed by atoms with van der Waals surface area (Å²) in [6, 6.07) is 17.8. The highest BCUT2D eigenvalue weighted by molar-refractivity contribution is 9.10. The standard InChI is InChI=1S/C25H21BrClNO4S/c1-31-11-5-10-28-24(29)22(33-25(28)30)14-16-12-20(26)23(21(27)13-16)32-15-18-8-4-7-17-6-2-3-9-19(17)18/h2-4,6-9,12-14H,5,10-11,15H2,1H3/b22-14+. The van der Waals surface area contributed by atoms with E-state index in [4.69, 9.17) is 21.1 Å². The van der Waals surface area contributed by atoms with Crippen LogP contribution in [0.15, 0.2) is 64.0 Å². The molecule has 4 rings (SSSR count). The smallest absolute Gasteiger partial charge is 0.293 e. The van der Waals surface area contributed by atoms with Gasteiger partial charge in [0, 0.05) is 20.3 Å². The highest BCUT2D eigenvalue weighted by Gasteiger charge is 2.34. The third-order valence-corrected chi connectivity index (χ3v) is 6.95. The quantitative estimate of drug-likeness (QED) is 0.227. The molecule has 1 aliphatic heterocycles. The first-order valence-electron chi connectivity index (χ1n) is 10.3. The van der Waals surface area contributed by atoms with Gasteiger partial charge in [-0.1, -0.05) is 54.1 Å². The number of hydrogen-bond acceptors (Lipinski definition) is 5. The molecule has 5 nitrogen and oxygen atoms in total. The van der Waals surface area contributed by atoms with Crippen LogP contribution in [-0.2, 0) is 16.1 Å². The second-order valence-corrected chi connectivity index (χ2v) is 9.68. The lowest BCUT2D eigenvalue weighted by molar-refractivity contribution is -0.122. The first-order chi connectivity index (χ1) is 16.0. The molecular formula is C25H21BrClNO4S. The van der Waals surface area contributed by atoms with Gasteiger partial charge < -0.3 is 9.47 Å². The zero-order chi connectivity index (χ0) is 23.4. The van der Waals surface area contributed by atoms with Crippen molar-refractivity contribution in [1.82, 2.24) is 4.90 Å². The number of rotatable bonds is 8. The van der Waals surface area contributed by atoms with Crippen LogP contribution in [0.2, 0.25) is 5.02 Å². The first kappa shape index (κ1) is 23.8. The summed E-state index contributed by atoms with van der Waals surface area (Å²) in [5.41, 5.74) is 1.76. The fourth-order valence-corrected chi connectivity index (χ4v) is 5.43. The van der Waals surface area contributed by atoms with E-state index in [0.29, 0.717) is 51.9 Å². The zero-order valence-electron chi connectivity index (χ0n) is 17.8. The summed E-state index contributed by atoms with van der Waals surface area (Å²) < 4.78 is 11.7. The lowest BCUT2D eigenvalue weighted by atomic mass is 10.1. The van der Waals surface area contributed by atoms with Gasteiger partial charge in [-0.15, -0.1) is 0 Å². The van der Waals surface area contributed by atoms with Crippen molar-refractivity contribution in [3.8, 4) is 5.75 Å². The minimum Gasteiger partial charge on any atom is -0.486 e. The second-order valence-electron chi connectivity index (χ2n) is 7.42. The predicted octanol–water partition coefficient (Wildman–Crippen LogP) is 6.91. The molecule has 1 saturated heterocycles. The fourth-order valence-electron chi connectivity index (χ4n) is 3.58. The third-order valence-electron chi connectivity index (χ3n) is 5.17. The molecule has 0 unspecified atom stereocenters. The van der Waals surface area contributed by atoms with Crippen LogP contribution in [0.25, 0.3) is 16.8 Å². The summed E-state index contributed by atoms with van der Waals surface area (Å²) in [5, 5.41) is 2.41. The van der Waals surface area contributed by atoms with Crippen molar-refractivity contribution >= 4 is 67.3 Å². The summed E-state index contributed by atoms with van der Waals surface area (Å²) in [6.07, 6.45) is 2.27. The monoisotopic (exact) mass is 545 g/mol. The van der Waals surface area contributed by atoms with Gasteiger partial charge in [-0.2, -0.15) is 0 Å². The van der Waals surface area contributed by atoms with E-state index in [2.05, 4.69) is 34.1 Å². The zero-order valence-corrected chi connectivity index (χ0v) is 21.0. The van der Waals surface area contributed by atoms with Crippen LogP contribution in [0.5, 0.6) is 5.75 Å². The maximum absolute atomic E-state index is 12.6. The van der Waals surface area contributed by atoms with E-state index in [1.54, 1.807) is 19.3 Å². The van der Waals surface area contributed by atoms with Gasteiger partial charge in [0.25, 0.3) is 11.1 Å². The predicted molar refractivity (Wildman–Crippen MR) is 137 cm³/mol. The maximum Gasteiger partial charge on any atom is 0.293 e. The number of carbonyl (C=O) groups excluding carboxylic acids is 2. The van der Waals surface area contributed by atoms with E-state index in [-0.39, 0.29) is 11.1 Å². The number of imide groups is 1. The largest absolute Gasteiger partial charge is 0.486 e. The molecule has 0 spiro atoms. The average molecular weight is 547 g/mol. The number of benzene rings is 3. The first-order valence-corrected chi connectivity index (χ1v) is 12.3. The van der Waals surface area contributed by atoms with Crippen LogP contribution in [0.1, 0.15) is 17.5 Å². The Bertz CT molecular complexity index is 1220. The molecule has 0 N–H and O–H groups in total. The fraction of sp³-hybridized carbons (Fsp3) is 0.200. The minimum absolute atomic E-state index is 0.275. The molecule has 0 bridgehead atoms. The van der Waals surface area contributed by atoms with Crippen LogP contribution in [-0.4, -0.2) is 36.3 Å². The molecule has 1 heterocycles. The van der Waals surface area contributed by atoms with Gasteiger partial charge in [-0.25, -0.2) is 0 Å². The third kappa shape index (κ3) is 5.44. The normalized spacial score (nSPS) is 15.1. The van der Waals surface area contributed by atoms with E-state index in [0.717, 1.165) is 28.1 Å². The molecule has 0 atom stereocenters. The van der Waals surface area contributed by atoms with Crippen LogP contribution in [0.4, 0.5) is 4.79 Å². The highest BCUT2D eigenvalue weighted by atomic mass is 79.9. The molecule has 0 saturated carbocycles. The Balaban J connectivity index is 1.50. The number of amides is 2. The number of nitrogens with zero attached hydrogens (tertiary/aromatic N) is 1. The summed E-state index contributed by atoms with van der Waals surface area (Å²) in [7, 11) is 1.59. The lowest BCUT2D eigenvalue weighted by Crippen LogP contribution is -2.29. The molecule has 3 aromatic carbocycles. The second kappa shape index (κ2) is 10.7. The number of ether oxygens (including phenoxy) is 2. The van der Waals surface area contributed by atoms with Crippen molar-refractivity contribution in [2.75, 3.05) is 20.3 Å². The SMILES string of the molecule is COCCCN1C(=O)S/C(=C/c2cc(Cl)c(OCc3cccc4ccccc34)c(Br)c2)C1=O. The highest BCUT2D eigenvalue weighted by Crippen LogP contribution is 2.38. The van der Waals surface area contributed by atoms with Crippen molar-refractivity contribution in [3.05, 3.63) is 80.1 Å². The number of carbonyl (C=O) groups is 2. The van der Waals surface area contributed by atoms with Gasteiger partial charge in [-0.05, 0) is 74.2 Å². The van der Waals surface area contributed by atoms with Gasteiger partial charge in [0.05, 0.1) is 14.4 Å². The Kier molecular flexibility index (Phi) is 7.75. The topological polar surface area (TPSA) is 55.8 Å². The molecule has 0 aromatic heterocycles. The molecule has 33 heavy (non-hydrogen) atoms. The molecule has 0 aliphatic carbocycles. The molecular weight excluding hydrogens is 526 g/mol. The number of hydrogen-bond donors (Lipinski definition) is 0. The number of thioether (sulfide) groups is 1. The van der Waals surface area contributed by atoms with E-state index < -0.39 is 0 Å². The molecule has 170 valence electrons. The molecule has 2 amide bonds. The Morgan fingerprint density at radius 2 is 1.91 bits per heavy atom. The summed E-state index contributed by atoms with van der Waals surface area (Å²) in [6.45, 7) is 1.18. The Morgan fingerprint density at radius 1 is 1.12 bits per heavy atom. The van der Waals surface area contributed by atoms with Gasteiger partial charge in [0.1, 0.15) is 6.61 Å². The molecule has 1 aliphatic rings. The molecule has 1 fully saturated rings.